The quantitative estimate of drug-likeness (QED) is 0.921. The van der Waals surface area contributed by atoms with Crippen molar-refractivity contribution in [3.63, 3.8) is 0 Å². The second-order valence-electron chi connectivity index (χ2n) is 6.34. The molecule has 0 spiro atoms. The lowest BCUT2D eigenvalue weighted by Crippen LogP contribution is -2.38. The minimum atomic E-state index is 0.0741. The van der Waals surface area contributed by atoms with Crippen LogP contribution in [0.25, 0.3) is 0 Å². The van der Waals surface area contributed by atoms with Crippen LogP contribution in [0.3, 0.4) is 0 Å². The summed E-state index contributed by atoms with van der Waals surface area (Å²) in [6.07, 6.45) is 5.05. The summed E-state index contributed by atoms with van der Waals surface area (Å²) in [6.45, 7) is 8.93. The number of nitrogens with one attached hydrogen (secondary N) is 1. The molecule has 0 aromatic heterocycles. The summed E-state index contributed by atoms with van der Waals surface area (Å²) >= 11 is 0. The molecule has 3 nitrogen and oxygen atoms in total. The van der Waals surface area contributed by atoms with Crippen molar-refractivity contribution in [2.45, 2.75) is 52.5 Å². The fraction of sp³-hybridized carbons (Fsp3) is 0.611. The third kappa shape index (κ3) is 4.85. The Labute approximate surface area is 128 Å². The standard InChI is InChI=1S/C18H28N2O/c1-14-8-9-17(15(2)12-14)16(3)19-18(21)13-20-10-6-4-5-7-11-20/h8-9,12,16H,4-7,10-11,13H2,1-3H3,(H,19,21). The first-order valence-corrected chi connectivity index (χ1v) is 8.15. The molecule has 1 aliphatic heterocycles. The maximum atomic E-state index is 12.2. The van der Waals surface area contributed by atoms with Gasteiger partial charge in [-0.2, -0.15) is 0 Å². The third-order valence-electron chi connectivity index (χ3n) is 4.34. The van der Waals surface area contributed by atoms with Crippen LogP contribution in [0.5, 0.6) is 0 Å². The summed E-state index contributed by atoms with van der Waals surface area (Å²) in [7, 11) is 0. The summed E-state index contributed by atoms with van der Waals surface area (Å²) in [4.78, 5) is 14.5. The molecule has 3 heteroatoms. The van der Waals surface area contributed by atoms with Crippen molar-refractivity contribution in [1.29, 1.82) is 0 Å². The van der Waals surface area contributed by atoms with E-state index in [1.807, 2.05) is 0 Å². The van der Waals surface area contributed by atoms with E-state index in [9.17, 15) is 4.79 Å². The van der Waals surface area contributed by atoms with Gasteiger partial charge in [-0.15, -0.1) is 0 Å². The normalized spacial score (nSPS) is 18.0. The van der Waals surface area contributed by atoms with Gasteiger partial charge in [-0.05, 0) is 57.8 Å². The Bertz CT molecular complexity index is 476. The fourth-order valence-corrected chi connectivity index (χ4v) is 3.17. The number of amides is 1. The molecule has 2 rings (SSSR count). The van der Waals surface area contributed by atoms with Gasteiger partial charge in [-0.1, -0.05) is 36.6 Å². The molecule has 0 radical (unpaired) electrons. The molecule has 1 heterocycles. The van der Waals surface area contributed by atoms with Crippen LogP contribution in [0, 0.1) is 13.8 Å². The highest BCUT2D eigenvalue weighted by Crippen LogP contribution is 2.18. The van der Waals surface area contributed by atoms with Crippen LogP contribution < -0.4 is 5.32 Å². The largest absolute Gasteiger partial charge is 0.348 e. The highest BCUT2D eigenvalue weighted by molar-refractivity contribution is 5.78. The van der Waals surface area contributed by atoms with Gasteiger partial charge >= 0.3 is 0 Å². The molecule has 1 unspecified atom stereocenters. The Morgan fingerprint density at radius 1 is 1.19 bits per heavy atom. The molecule has 1 atom stereocenters. The Balaban J connectivity index is 1.89. The molecule has 1 saturated heterocycles. The Morgan fingerprint density at radius 3 is 2.48 bits per heavy atom. The topological polar surface area (TPSA) is 32.3 Å². The second kappa shape index (κ2) is 7.60. The Hall–Kier alpha value is -1.35. The highest BCUT2D eigenvalue weighted by Gasteiger charge is 2.16. The van der Waals surface area contributed by atoms with E-state index in [0.717, 1.165) is 13.1 Å². The number of hydrogen-bond donors (Lipinski definition) is 1. The lowest BCUT2D eigenvalue weighted by atomic mass is 10.0. The van der Waals surface area contributed by atoms with E-state index in [0.29, 0.717) is 6.54 Å². The summed E-state index contributed by atoms with van der Waals surface area (Å²) in [5.41, 5.74) is 3.72. The van der Waals surface area contributed by atoms with Gasteiger partial charge < -0.3 is 5.32 Å². The second-order valence-corrected chi connectivity index (χ2v) is 6.34. The van der Waals surface area contributed by atoms with E-state index < -0.39 is 0 Å². The number of hydrogen-bond acceptors (Lipinski definition) is 2. The van der Waals surface area contributed by atoms with Crippen molar-refractivity contribution < 1.29 is 4.79 Å². The highest BCUT2D eigenvalue weighted by atomic mass is 16.2. The molecular weight excluding hydrogens is 260 g/mol. The number of likely N-dealkylation sites (tertiary alicyclic amines) is 1. The monoisotopic (exact) mass is 288 g/mol. The van der Waals surface area contributed by atoms with E-state index in [2.05, 4.69) is 49.2 Å². The molecule has 21 heavy (non-hydrogen) atoms. The first-order valence-electron chi connectivity index (χ1n) is 8.15. The average Bonchev–Trinajstić information content (AvgIpc) is 2.66. The summed E-state index contributed by atoms with van der Waals surface area (Å²) in [5, 5.41) is 3.14. The zero-order valence-corrected chi connectivity index (χ0v) is 13.6. The smallest absolute Gasteiger partial charge is 0.234 e. The molecule has 1 fully saturated rings. The molecule has 0 saturated carbocycles. The molecule has 1 aliphatic rings. The summed E-state index contributed by atoms with van der Waals surface area (Å²) < 4.78 is 0. The van der Waals surface area contributed by atoms with Crippen molar-refractivity contribution in [1.82, 2.24) is 10.2 Å². The van der Waals surface area contributed by atoms with Crippen molar-refractivity contribution in [3.05, 3.63) is 34.9 Å². The van der Waals surface area contributed by atoms with Crippen LogP contribution in [-0.4, -0.2) is 30.4 Å². The third-order valence-corrected chi connectivity index (χ3v) is 4.34. The van der Waals surface area contributed by atoms with Gasteiger partial charge in [0, 0.05) is 0 Å². The first-order chi connectivity index (χ1) is 10.1. The number of aryl methyl sites for hydroxylation is 2. The zero-order valence-electron chi connectivity index (χ0n) is 13.6. The lowest BCUT2D eigenvalue weighted by molar-refractivity contribution is -0.122. The molecular formula is C18H28N2O. The van der Waals surface area contributed by atoms with E-state index in [1.54, 1.807) is 0 Å². The number of benzene rings is 1. The number of nitrogens with zero attached hydrogens (tertiary/aromatic N) is 1. The van der Waals surface area contributed by atoms with Crippen molar-refractivity contribution in [2.24, 2.45) is 0 Å². The van der Waals surface area contributed by atoms with Crippen LogP contribution in [0.1, 0.15) is 55.3 Å². The van der Waals surface area contributed by atoms with Crippen LogP contribution in [0.2, 0.25) is 0 Å². The van der Waals surface area contributed by atoms with Gasteiger partial charge in [0.05, 0.1) is 12.6 Å². The first kappa shape index (κ1) is 16.0. The fourth-order valence-electron chi connectivity index (χ4n) is 3.17. The molecule has 1 aromatic carbocycles. The van der Waals surface area contributed by atoms with Gasteiger partial charge in [0.15, 0.2) is 0 Å². The molecule has 116 valence electrons. The predicted octanol–water partition coefficient (Wildman–Crippen LogP) is 3.36. The van der Waals surface area contributed by atoms with E-state index in [-0.39, 0.29) is 11.9 Å². The molecule has 1 aromatic rings. The van der Waals surface area contributed by atoms with Crippen LogP contribution in [0.15, 0.2) is 18.2 Å². The molecule has 1 N–H and O–H groups in total. The van der Waals surface area contributed by atoms with Gasteiger partial charge in [0.2, 0.25) is 5.91 Å². The van der Waals surface area contributed by atoms with E-state index in [1.165, 1.54) is 42.4 Å². The zero-order chi connectivity index (χ0) is 15.2. The van der Waals surface area contributed by atoms with Gasteiger partial charge in [-0.25, -0.2) is 0 Å². The van der Waals surface area contributed by atoms with Crippen molar-refractivity contribution in [2.75, 3.05) is 19.6 Å². The lowest BCUT2D eigenvalue weighted by Gasteiger charge is -2.22. The Kier molecular flexibility index (Phi) is 5.80. The Morgan fingerprint density at radius 2 is 1.86 bits per heavy atom. The molecule has 1 amide bonds. The average molecular weight is 288 g/mol. The maximum absolute atomic E-state index is 12.2. The SMILES string of the molecule is Cc1ccc(C(C)NC(=O)CN2CCCCCC2)c(C)c1. The number of carbonyl (C=O) groups excluding carboxylic acids is 1. The minimum absolute atomic E-state index is 0.0741. The van der Waals surface area contributed by atoms with E-state index in [4.69, 9.17) is 0 Å². The summed E-state index contributed by atoms with van der Waals surface area (Å²) in [6, 6.07) is 6.48. The van der Waals surface area contributed by atoms with Crippen LogP contribution in [0.4, 0.5) is 0 Å². The van der Waals surface area contributed by atoms with Gasteiger partial charge in [0.1, 0.15) is 0 Å². The van der Waals surface area contributed by atoms with E-state index >= 15 is 0 Å². The van der Waals surface area contributed by atoms with Crippen molar-refractivity contribution >= 4 is 5.91 Å². The predicted molar refractivity (Wildman–Crippen MR) is 87.4 cm³/mol. The summed E-state index contributed by atoms with van der Waals surface area (Å²) in [5.74, 6) is 0.143. The maximum Gasteiger partial charge on any atom is 0.234 e. The van der Waals surface area contributed by atoms with Crippen LogP contribution >= 0.6 is 0 Å². The number of carbonyl (C=O) groups is 1. The number of rotatable bonds is 4. The van der Waals surface area contributed by atoms with Gasteiger partial charge in [0.25, 0.3) is 0 Å². The van der Waals surface area contributed by atoms with Crippen molar-refractivity contribution in [3.8, 4) is 0 Å². The molecule has 0 bridgehead atoms. The minimum Gasteiger partial charge on any atom is -0.348 e. The van der Waals surface area contributed by atoms with Gasteiger partial charge in [-0.3, -0.25) is 9.69 Å². The van der Waals surface area contributed by atoms with Crippen LogP contribution in [-0.2, 0) is 4.79 Å². The molecule has 0 aliphatic carbocycles.